The molecule has 0 aliphatic carbocycles. The molecule has 0 atom stereocenters. The summed E-state index contributed by atoms with van der Waals surface area (Å²) in [4.78, 5) is 19.2. The summed E-state index contributed by atoms with van der Waals surface area (Å²) in [6.07, 6.45) is 3.83. The zero-order valence-corrected chi connectivity index (χ0v) is 17.9. The lowest BCUT2D eigenvalue weighted by Gasteiger charge is -2.29. The van der Waals surface area contributed by atoms with Gasteiger partial charge in [0.1, 0.15) is 23.8 Å². The van der Waals surface area contributed by atoms with Gasteiger partial charge in [0.05, 0.1) is 24.6 Å². The van der Waals surface area contributed by atoms with Crippen molar-refractivity contribution in [2.45, 2.75) is 6.61 Å². The number of ether oxygens (including phenoxy) is 2. The van der Waals surface area contributed by atoms with E-state index < -0.39 is 0 Å². The van der Waals surface area contributed by atoms with Crippen molar-refractivity contribution in [3.05, 3.63) is 90.1 Å². The second-order valence-electron chi connectivity index (χ2n) is 7.73. The Labute approximate surface area is 190 Å². The number of imidazole rings is 1. The number of hydrogen-bond donors (Lipinski definition) is 1. The third-order valence-corrected chi connectivity index (χ3v) is 5.45. The van der Waals surface area contributed by atoms with E-state index >= 15 is 0 Å². The average Bonchev–Trinajstić information content (AvgIpc) is 3.27. The van der Waals surface area contributed by atoms with E-state index in [1.54, 1.807) is 36.4 Å². The molecule has 1 aliphatic heterocycles. The highest BCUT2D eigenvalue weighted by Gasteiger charge is 2.16. The van der Waals surface area contributed by atoms with Crippen LogP contribution in [0.2, 0.25) is 0 Å². The number of nitrogens with zero attached hydrogens (tertiary/aromatic N) is 3. The van der Waals surface area contributed by atoms with Gasteiger partial charge in [-0.2, -0.15) is 0 Å². The SMILES string of the molecule is O=C(Nc1ccc(N2CCOCC2)c(F)c1)c1cccc(OCc2cn3ccccc3n2)c1. The molecule has 0 spiro atoms. The molecular weight excluding hydrogens is 423 g/mol. The Balaban J connectivity index is 1.23. The van der Waals surface area contributed by atoms with Gasteiger partial charge >= 0.3 is 0 Å². The van der Waals surface area contributed by atoms with Gasteiger partial charge < -0.3 is 24.1 Å². The molecule has 1 amide bonds. The number of halogens is 1. The number of nitrogens with one attached hydrogen (secondary N) is 1. The fourth-order valence-corrected chi connectivity index (χ4v) is 3.79. The van der Waals surface area contributed by atoms with Crippen LogP contribution in [0.25, 0.3) is 5.65 Å². The smallest absolute Gasteiger partial charge is 0.255 e. The van der Waals surface area contributed by atoms with Crippen LogP contribution in [0.4, 0.5) is 15.8 Å². The average molecular weight is 446 g/mol. The summed E-state index contributed by atoms with van der Waals surface area (Å²) in [6.45, 7) is 2.72. The van der Waals surface area contributed by atoms with Gasteiger partial charge in [-0.25, -0.2) is 9.37 Å². The first-order valence-corrected chi connectivity index (χ1v) is 10.7. The second kappa shape index (κ2) is 9.30. The monoisotopic (exact) mass is 446 g/mol. The molecule has 1 fully saturated rings. The number of carbonyl (C=O) groups excluding carboxylic acids is 1. The number of pyridine rings is 1. The number of benzene rings is 2. The highest BCUT2D eigenvalue weighted by atomic mass is 19.1. The molecule has 4 aromatic rings. The van der Waals surface area contributed by atoms with E-state index in [2.05, 4.69) is 10.3 Å². The number of anilines is 2. The van der Waals surface area contributed by atoms with Gasteiger partial charge in [0.15, 0.2) is 0 Å². The van der Waals surface area contributed by atoms with E-state index in [0.29, 0.717) is 49.0 Å². The Morgan fingerprint density at radius 1 is 1.09 bits per heavy atom. The van der Waals surface area contributed by atoms with Crippen molar-refractivity contribution in [1.29, 1.82) is 0 Å². The van der Waals surface area contributed by atoms with Gasteiger partial charge in [0.25, 0.3) is 5.91 Å². The second-order valence-corrected chi connectivity index (χ2v) is 7.73. The van der Waals surface area contributed by atoms with Crippen molar-refractivity contribution in [2.24, 2.45) is 0 Å². The molecule has 0 unspecified atom stereocenters. The molecule has 2 aromatic heterocycles. The summed E-state index contributed by atoms with van der Waals surface area (Å²) in [5, 5.41) is 2.75. The van der Waals surface area contributed by atoms with Gasteiger partial charge in [-0.15, -0.1) is 0 Å². The Morgan fingerprint density at radius 2 is 1.97 bits per heavy atom. The Hall–Kier alpha value is -3.91. The molecule has 0 saturated carbocycles. The Morgan fingerprint density at radius 3 is 2.79 bits per heavy atom. The van der Waals surface area contributed by atoms with Gasteiger partial charge in [-0.1, -0.05) is 12.1 Å². The zero-order valence-electron chi connectivity index (χ0n) is 17.9. The maximum Gasteiger partial charge on any atom is 0.255 e. The van der Waals surface area contributed by atoms with Crippen LogP contribution in [0.15, 0.2) is 73.1 Å². The molecule has 7 nitrogen and oxygen atoms in total. The summed E-state index contributed by atoms with van der Waals surface area (Å²) >= 11 is 0. The zero-order chi connectivity index (χ0) is 22.6. The molecule has 168 valence electrons. The third-order valence-electron chi connectivity index (χ3n) is 5.45. The van der Waals surface area contributed by atoms with Gasteiger partial charge in [-0.05, 0) is 48.5 Å². The van der Waals surface area contributed by atoms with E-state index in [4.69, 9.17) is 9.47 Å². The lowest BCUT2D eigenvalue weighted by Crippen LogP contribution is -2.36. The van der Waals surface area contributed by atoms with Crippen molar-refractivity contribution in [2.75, 3.05) is 36.5 Å². The molecular formula is C25H23FN4O3. The quantitative estimate of drug-likeness (QED) is 0.482. The molecule has 8 heteroatoms. The summed E-state index contributed by atoms with van der Waals surface area (Å²) in [7, 11) is 0. The maximum absolute atomic E-state index is 14.6. The van der Waals surface area contributed by atoms with E-state index in [1.807, 2.05) is 39.9 Å². The summed E-state index contributed by atoms with van der Waals surface area (Å²) < 4.78 is 27.7. The molecule has 1 N–H and O–H groups in total. The molecule has 0 bridgehead atoms. The van der Waals surface area contributed by atoms with Crippen LogP contribution in [0.1, 0.15) is 16.1 Å². The maximum atomic E-state index is 14.6. The van der Waals surface area contributed by atoms with Crippen LogP contribution in [0.3, 0.4) is 0 Å². The summed E-state index contributed by atoms with van der Waals surface area (Å²) in [5.74, 6) is -0.167. The standard InChI is InChI=1S/C25H23FN4O3/c26-22-15-19(7-8-23(22)29-10-12-32-13-11-29)28-25(31)18-4-3-5-21(14-18)33-17-20-16-30-9-2-1-6-24(30)27-20/h1-9,14-16H,10-13,17H2,(H,28,31). The van der Waals surface area contributed by atoms with Crippen LogP contribution in [0, 0.1) is 5.82 Å². The van der Waals surface area contributed by atoms with Crippen molar-refractivity contribution >= 4 is 22.9 Å². The van der Waals surface area contributed by atoms with E-state index in [-0.39, 0.29) is 18.3 Å². The minimum absolute atomic E-state index is 0.279. The summed E-state index contributed by atoms with van der Waals surface area (Å²) in [6, 6.07) is 17.4. The minimum Gasteiger partial charge on any atom is -0.487 e. The predicted octanol–water partition coefficient (Wildman–Crippen LogP) is 4.14. The molecule has 33 heavy (non-hydrogen) atoms. The van der Waals surface area contributed by atoms with Crippen LogP contribution < -0.4 is 15.0 Å². The highest BCUT2D eigenvalue weighted by Crippen LogP contribution is 2.24. The summed E-state index contributed by atoms with van der Waals surface area (Å²) in [5.41, 5.74) is 2.95. The first-order valence-electron chi connectivity index (χ1n) is 10.7. The number of amides is 1. The highest BCUT2D eigenvalue weighted by molar-refractivity contribution is 6.04. The molecule has 5 rings (SSSR count). The Bertz CT molecular complexity index is 1250. The predicted molar refractivity (Wildman–Crippen MR) is 123 cm³/mol. The third kappa shape index (κ3) is 4.80. The molecule has 2 aromatic carbocycles. The van der Waals surface area contributed by atoms with Crippen molar-refractivity contribution < 1.29 is 18.7 Å². The van der Waals surface area contributed by atoms with Crippen LogP contribution in [0.5, 0.6) is 5.75 Å². The number of carbonyl (C=O) groups is 1. The van der Waals surface area contributed by atoms with Crippen LogP contribution >= 0.6 is 0 Å². The van der Waals surface area contributed by atoms with Crippen molar-refractivity contribution in [3.63, 3.8) is 0 Å². The Kier molecular flexibility index (Phi) is 5.91. The first kappa shape index (κ1) is 21.0. The molecule has 0 radical (unpaired) electrons. The number of rotatable bonds is 6. The van der Waals surface area contributed by atoms with E-state index in [9.17, 15) is 9.18 Å². The van der Waals surface area contributed by atoms with Crippen LogP contribution in [-0.2, 0) is 11.3 Å². The van der Waals surface area contributed by atoms with E-state index in [1.165, 1.54) is 6.07 Å². The number of morpholine rings is 1. The number of hydrogen-bond acceptors (Lipinski definition) is 5. The lowest BCUT2D eigenvalue weighted by atomic mass is 10.2. The molecule has 3 heterocycles. The lowest BCUT2D eigenvalue weighted by molar-refractivity contribution is 0.102. The fourth-order valence-electron chi connectivity index (χ4n) is 3.79. The number of fused-ring (bicyclic) bond motifs is 1. The fraction of sp³-hybridized carbons (Fsp3) is 0.200. The normalized spacial score (nSPS) is 13.8. The van der Waals surface area contributed by atoms with E-state index in [0.717, 1.165) is 11.3 Å². The van der Waals surface area contributed by atoms with Crippen LogP contribution in [-0.4, -0.2) is 41.6 Å². The van der Waals surface area contributed by atoms with Gasteiger partial charge in [0.2, 0.25) is 0 Å². The largest absolute Gasteiger partial charge is 0.487 e. The molecule has 1 saturated heterocycles. The molecule has 1 aliphatic rings. The van der Waals surface area contributed by atoms with Gasteiger partial charge in [-0.3, -0.25) is 4.79 Å². The number of aromatic nitrogens is 2. The topological polar surface area (TPSA) is 68.1 Å². The van der Waals surface area contributed by atoms with Crippen molar-refractivity contribution in [1.82, 2.24) is 9.38 Å². The van der Waals surface area contributed by atoms with Gasteiger partial charge in [0, 0.05) is 36.7 Å². The van der Waals surface area contributed by atoms with Crippen molar-refractivity contribution in [3.8, 4) is 5.75 Å². The first-order chi connectivity index (χ1) is 16.2. The minimum atomic E-state index is -0.376.